The number of aliphatic hydroxyl groups is 1. The quantitative estimate of drug-likeness (QED) is 0.766. The Morgan fingerprint density at radius 3 is 2.58 bits per heavy atom. The maximum atomic E-state index is 11.1. The third-order valence-electron chi connectivity index (χ3n) is 6.46. The van der Waals surface area contributed by atoms with E-state index in [0.29, 0.717) is 6.61 Å². The van der Waals surface area contributed by atoms with Crippen molar-refractivity contribution in [2.24, 2.45) is 5.92 Å². The van der Waals surface area contributed by atoms with Crippen molar-refractivity contribution in [3.8, 4) is 0 Å². The van der Waals surface area contributed by atoms with E-state index in [1.807, 2.05) is 0 Å². The zero-order chi connectivity index (χ0) is 16.5. The van der Waals surface area contributed by atoms with E-state index in [1.165, 1.54) is 32.1 Å². The van der Waals surface area contributed by atoms with E-state index in [9.17, 15) is 5.11 Å². The third-order valence-corrected chi connectivity index (χ3v) is 6.46. The van der Waals surface area contributed by atoms with Crippen LogP contribution in [0, 0.1) is 5.92 Å². The molecule has 4 fully saturated rings. The number of hydrogen-bond donors (Lipinski definition) is 2. The number of rotatable bonds is 4. The zero-order valence-corrected chi connectivity index (χ0v) is 14.9. The summed E-state index contributed by atoms with van der Waals surface area (Å²) in [6, 6.07) is -0.0448. The van der Waals surface area contributed by atoms with Crippen molar-refractivity contribution < 1.29 is 14.6 Å². The van der Waals surface area contributed by atoms with Gasteiger partial charge in [0.2, 0.25) is 0 Å². The van der Waals surface area contributed by atoms with E-state index in [1.54, 1.807) is 0 Å². The molecule has 3 saturated heterocycles. The third kappa shape index (κ3) is 3.50. The fraction of sp³-hybridized carbons (Fsp3) is 1.00. The minimum atomic E-state index is -0.414. The number of aliphatic hydroxyl groups excluding tert-OH is 1. The van der Waals surface area contributed by atoms with E-state index >= 15 is 0 Å². The molecule has 0 amide bonds. The van der Waals surface area contributed by atoms with Gasteiger partial charge in [-0.2, -0.15) is 0 Å². The molecule has 4 aliphatic rings. The van der Waals surface area contributed by atoms with Crippen molar-refractivity contribution >= 4 is 0 Å². The first-order chi connectivity index (χ1) is 11.7. The molecule has 6 nitrogen and oxygen atoms in total. The Morgan fingerprint density at radius 2 is 1.83 bits per heavy atom. The van der Waals surface area contributed by atoms with Gasteiger partial charge in [-0.3, -0.25) is 4.90 Å². The number of ether oxygens (including phenoxy) is 2. The molecule has 0 spiro atoms. The smallest absolute Gasteiger partial charge is 0.176 e. The van der Waals surface area contributed by atoms with Crippen LogP contribution in [0.3, 0.4) is 0 Å². The number of fused-ring (bicyclic) bond motifs is 2. The van der Waals surface area contributed by atoms with Crippen LogP contribution in [0.15, 0.2) is 0 Å². The van der Waals surface area contributed by atoms with Crippen molar-refractivity contribution in [1.29, 1.82) is 0 Å². The van der Waals surface area contributed by atoms with Gasteiger partial charge >= 0.3 is 0 Å². The van der Waals surface area contributed by atoms with Gasteiger partial charge in [0, 0.05) is 26.2 Å². The van der Waals surface area contributed by atoms with Crippen LogP contribution in [-0.2, 0) is 9.47 Å². The van der Waals surface area contributed by atoms with Gasteiger partial charge in [-0.15, -0.1) is 0 Å². The minimum absolute atomic E-state index is 0.00250. The van der Waals surface area contributed by atoms with Crippen LogP contribution in [0.4, 0.5) is 0 Å². The first-order valence-electron chi connectivity index (χ1n) is 9.83. The molecule has 2 bridgehead atoms. The first-order valence-corrected chi connectivity index (χ1v) is 9.83. The second kappa shape index (κ2) is 7.56. The predicted octanol–water partition coefficient (Wildman–Crippen LogP) is 0.257. The Labute approximate surface area is 145 Å². The average Bonchev–Trinajstić information content (AvgIpc) is 3.02. The minimum Gasteiger partial charge on any atom is -0.390 e. The molecule has 5 atom stereocenters. The molecule has 3 aliphatic heterocycles. The molecule has 0 aromatic heterocycles. The Balaban J connectivity index is 1.38. The Morgan fingerprint density at radius 1 is 1.08 bits per heavy atom. The van der Waals surface area contributed by atoms with Crippen LogP contribution in [-0.4, -0.2) is 91.9 Å². The molecule has 24 heavy (non-hydrogen) atoms. The summed E-state index contributed by atoms with van der Waals surface area (Å²) in [7, 11) is 2.15. The van der Waals surface area contributed by atoms with E-state index in [2.05, 4.69) is 22.2 Å². The lowest BCUT2D eigenvalue weighted by Gasteiger charge is -2.46. The molecule has 0 radical (unpaired) electrons. The largest absolute Gasteiger partial charge is 0.390 e. The molecule has 3 heterocycles. The Bertz CT molecular complexity index is 410. The highest BCUT2D eigenvalue weighted by Gasteiger charge is 2.52. The fourth-order valence-corrected chi connectivity index (χ4v) is 4.86. The van der Waals surface area contributed by atoms with Crippen molar-refractivity contribution in [3.63, 3.8) is 0 Å². The molecule has 138 valence electrons. The van der Waals surface area contributed by atoms with Gasteiger partial charge in [-0.05, 0) is 32.4 Å². The number of piperazine rings is 1. The molecule has 6 heteroatoms. The standard InChI is InChI=1S/C18H33N3O3/c1-20-7-9-21(10-8-20)16-17(22)15(14-12-23-18(16)24-14)19-11-13-5-3-2-4-6-13/h13-19,22H,2-12H2,1H3/t14-,15-,16-,17+,18-/m1/s1. The summed E-state index contributed by atoms with van der Waals surface area (Å²) < 4.78 is 12.0. The number of nitrogens with one attached hydrogen (secondary N) is 1. The summed E-state index contributed by atoms with van der Waals surface area (Å²) in [6.07, 6.45) is 6.06. The molecule has 0 aromatic carbocycles. The summed E-state index contributed by atoms with van der Waals surface area (Å²) in [5, 5.41) is 14.7. The number of likely N-dealkylation sites (N-methyl/N-ethyl adjacent to an activating group) is 1. The van der Waals surface area contributed by atoms with Gasteiger partial charge in [0.1, 0.15) is 6.10 Å². The van der Waals surface area contributed by atoms with Gasteiger partial charge in [0.25, 0.3) is 0 Å². The van der Waals surface area contributed by atoms with Crippen molar-refractivity contribution in [2.75, 3.05) is 46.4 Å². The van der Waals surface area contributed by atoms with Crippen LogP contribution in [0.2, 0.25) is 0 Å². The monoisotopic (exact) mass is 339 g/mol. The molecule has 1 saturated carbocycles. The highest BCUT2D eigenvalue weighted by atomic mass is 16.7. The van der Waals surface area contributed by atoms with Crippen LogP contribution < -0.4 is 5.32 Å². The van der Waals surface area contributed by atoms with Crippen LogP contribution >= 0.6 is 0 Å². The maximum Gasteiger partial charge on any atom is 0.176 e. The molecular formula is C18H33N3O3. The SMILES string of the molecule is CN1CCN([C@H]2[C@@H]3OC[C@@H](O3)[C@@H](NCC3CCCCC3)[C@@H]2O)CC1. The lowest BCUT2D eigenvalue weighted by Crippen LogP contribution is -2.66. The Kier molecular flexibility index (Phi) is 5.41. The van der Waals surface area contributed by atoms with E-state index in [0.717, 1.165) is 38.6 Å². The number of hydrogen-bond acceptors (Lipinski definition) is 6. The molecule has 0 unspecified atom stereocenters. The van der Waals surface area contributed by atoms with Gasteiger partial charge < -0.3 is 24.8 Å². The summed E-state index contributed by atoms with van der Waals surface area (Å²) in [6.45, 7) is 5.64. The van der Waals surface area contributed by atoms with E-state index in [-0.39, 0.29) is 24.5 Å². The normalized spacial score (nSPS) is 42.5. The lowest BCUT2D eigenvalue weighted by molar-refractivity contribution is -0.186. The molecule has 1 aliphatic carbocycles. The highest BCUT2D eigenvalue weighted by molar-refractivity contribution is 5.02. The summed E-state index contributed by atoms with van der Waals surface area (Å²) in [4.78, 5) is 4.70. The van der Waals surface area contributed by atoms with Gasteiger partial charge in [0.15, 0.2) is 6.29 Å². The topological polar surface area (TPSA) is 57.2 Å². The second-order valence-corrected chi connectivity index (χ2v) is 8.13. The van der Waals surface area contributed by atoms with Crippen LogP contribution in [0.5, 0.6) is 0 Å². The molecule has 0 aromatic rings. The predicted molar refractivity (Wildman–Crippen MR) is 91.8 cm³/mol. The van der Waals surface area contributed by atoms with Crippen molar-refractivity contribution in [3.05, 3.63) is 0 Å². The molecular weight excluding hydrogens is 306 g/mol. The average molecular weight is 339 g/mol. The van der Waals surface area contributed by atoms with Crippen LogP contribution in [0.25, 0.3) is 0 Å². The lowest BCUT2D eigenvalue weighted by atomic mass is 9.88. The second-order valence-electron chi connectivity index (χ2n) is 8.13. The summed E-state index contributed by atoms with van der Waals surface area (Å²) in [5.74, 6) is 0.757. The maximum absolute atomic E-state index is 11.1. The summed E-state index contributed by atoms with van der Waals surface area (Å²) >= 11 is 0. The first kappa shape index (κ1) is 17.2. The highest BCUT2D eigenvalue weighted by Crippen LogP contribution is 2.32. The van der Waals surface area contributed by atoms with Gasteiger partial charge in [-0.1, -0.05) is 19.3 Å². The number of nitrogens with zero attached hydrogens (tertiary/aromatic N) is 2. The van der Waals surface area contributed by atoms with Gasteiger partial charge in [-0.25, -0.2) is 0 Å². The van der Waals surface area contributed by atoms with Crippen molar-refractivity contribution in [1.82, 2.24) is 15.1 Å². The Hall–Kier alpha value is -0.240. The van der Waals surface area contributed by atoms with E-state index in [4.69, 9.17) is 9.47 Å². The molecule has 4 rings (SSSR count). The molecule has 2 N–H and O–H groups in total. The van der Waals surface area contributed by atoms with E-state index < -0.39 is 6.10 Å². The summed E-state index contributed by atoms with van der Waals surface area (Å²) in [5.41, 5.74) is 0. The van der Waals surface area contributed by atoms with Gasteiger partial charge in [0.05, 0.1) is 24.8 Å². The fourth-order valence-electron chi connectivity index (χ4n) is 4.86. The zero-order valence-electron chi connectivity index (χ0n) is 14.9. The van der Waals surface area contributed by atoms with Crippen LogP contribution in [0.1, 0.15) is 32.1 Å². The van der Waals surface area contributed by atoms with Crippen molar-refractivity contribution in [2.45, 2.75) is 62.7 Å².